The standard InChI is InChI=1S/C14H25N3S/c1-18-9-5-3-2-4-8-17-12-16-11-14(17)13-6-7-15-10-13/h11-13,15H,2-10H2,1H3. The third kappa shape index (κ3) is 4.02. The van der Waals surface area contributed by atoms with Gasteiger partial charge in [0.05, 0.1) is 6.33 Å². The van der Waals surface area contributed by atoms with Crippen LogP contribution in [0.2, 0.25) is 0 Å². The van der Waals surface area contributed by atoms with E-state index < -0.39 is 0 Å². The first-order valence-corrected chi connectivity index (χ1v) is 8.51. The topological polar surface area (TPSA) is 29.9 Å². The zero-order valence-electron chi connectivity index (χ0n) is 11.4. The molecule has 4 heteroatoms. The van der Waals surface area contributed by atoms with E-state index in [2.05, 4.69) is 27.3 Å². The van der Waals surface area contributed by atoms with Crippen LogP contribution in [0.5, 0.6) is 0 Å². The molecule has 0 amide bonds. The second-order valence-corrected chi connectivity index (χ2v) is 6.09. The third-order valence-electron chi connectivity index (χ3n) is 3.72. The first-order chi connectivity index (χ1) is 8.92. The summed E-state index contributed by atoms with van der Waals surface area (Å²) in [4.78, 5) is 4.33. The minimum atomic E-state index is 0.684. The highest BCUT2D eigenvalue weighted by Gasteiger charge is 2.19. The average Bonchev–Trinajstić information content (AvgIpc) is 3.03. The summed E-state index contributed by atoms with van der Waals surface area (Å²) in [6.07, 6.45) is 12.9. The van der Waals surface area contributed by atoms with Gasteiger partial charge in [-0.15, -0.1) is 0 Å². The number of hydrogen-bond acceptors (Lipinski definition) is 3. The van der Waals surface area contributed by atoms with Crippen molar-refractivity contribution in [1.29, 1.82) is 0 Å². The molecule has 1 N–H and O–H groups in total. The first kappa shape index (κ1) is 13.9. The summed E-state index contributed by atoms with van der Waals surface area (Å²) in [5.74, 6) is 1.99. The SMILES string of the molecule is CSCCCCCCn1cncc1C1CCNC1. The van der Waals surface area contributed by atoms with Crippen LogP contribution in [-0.4, -0.2) is 34.6 Å². The van der Waals surface area contributed by atoms with E-state index in [1.807, 2.05) is 18.1 Å². The lowest BCUT2D eigenvalue weighted by atomic mass is 10.1. The molecule has 0 saturated carbocycles. The van der Waals surface area contributed by atoms with Crippen LogP contribution in [-0.2, 0) is 6.54 Å². The van der Waals surface area contributed by atoms with Crippen LogP contribution in [0.1, 0.15) is 43.7 Å². The highest BCUT2D eigenvalue weighted by atomic mass is 32.2. The lowest BCUT2D eigenvalue weighted by molar-refractivity contribution is 0.552. The monoisotopic (exact) mass is 267 g/mol. The zero-order chi connectivity index (χ0) is 12.6. The molecule has 1 aromatic heterocycles. The fourth-order valence-corrected chi connectivity index (χ4v) is 3.14. The largest absolute Gasteiger partial charge is 0.334 e. The number of imidazole rings is 1. The Bertz CT molecular complexity index is 332. The Labute approximate surface area is 115 Å². The summed E-state index contributed by atoms with van der Waals surface area (Å²) >= 11 is 1.95. The predicted molar refractivity (Wildman–Crippen MR) is 79.3 cm³/mol. The molecule has 2 heterocycles. The van der Waals surface area contributed by atoms with Crippen LogP contribution in [0.25, 0.3) is 0 Å². The highest BCUT2D eigenvalue weighted by Crippen LogP contribution is 2.22. The van der Waals surface area contributed by atoms with Gasteiger partial charge in [-0.2, -0.15) is 11.8 Å². The minimum Gasteiger partial charge on any atom is -0.334 e. The van der Waals surface area contributed by atoms with Gasteiger partial charge in [0.15, 0.2) is 0 Å². The first-order valence-electron chi connectivity index (χ1n) is 7.11. The van der Waals surface area contributed by atoms with Crippen LogP contribution in [0.3, 0.4) is 0 Å². The van der Waals surface area contributed by atoms with E-state index in [4.69, 9.17) is 0 Å². The average molecular weight is 267 g/mol. The molecule has 102 valence electrons. The predicted octanol–water partition coefficient (Wildman–Crippen LogP) is 2.88. The molecule has 1 atom stereocenters. The van der Waals surface area contributed by atoms with Gasteiger partial charge in [-0.05, 0) is 37.8 Å². The molecule has 0 aliphatic carbocycles. The minimum absolute atomic E-state index is 0.684. The molecule has 0 radical (unpaired) electrons. The Morgan fingerprint density at radius 1 is 1.39 bits per heavy atom. The van der Waals surface area contributed by atoms with Gasteiger partial charge in [0.25, 0.3) is 0 Å². The molecule has 1 fully saturated rings. The van der Waals surface area contributed by atoms with Crippen molar-refractivity contribution in [3.63, 3.8) is 0 Å². The maximum atomic E-state index is 4.33. The van der Waals surface area contributed by atoms with Crippen LogP contribution in [0, 0.1) is 0 Å². The highest BCUT2D eigenvalue weighted by molar-refractivity contribution is 7.98. The fraction of sp³-hybridized carbons (Fsp3) is 0.786. The van der Waals surface area contributed by atoms with E-state index in [-0.39, 0.29) is 0 Å². The molecule has 1 aliphatic heterocycles. The summed E-state index contributed by atoms with van der Waals surface area (Å²) in [5, 5.41) is 3.43. The van der Waals surface area contributed by atoms with Crippen molar-refractivity contribution in [3.8, 4) is 0 Å². The van der Waals surface area contributed by atoms with Gasteiger partial charge in [0.1, 0.15) is 0 Å². The Morgan fingerprint density at radius 2 is 2.28 bits per heavy atom. The Morgan fingerprint density at radius 3 is 3.06 bits per heavy atom. The number of unbranched alkanes of at least 4 members (excludes halogenated alkanes) is 3. The van der Waals surface area contributed by atoms with E-state index >= 15 is 0 Å². The van der Waals surface area contributed by atoms with E-state index in [1.165, 1.54) is 43.6 Å². The van der Waals surface area contributed by atoms with E-state index in [0.29, 0.717) is 5.92 Å². The molecule has 1 unspecified atom stereocenters. The van der Waals surface area contributed by atoms with Crippen molar-refractivity contribution in [2.45, 2.75) is 44.6 Å². The molecule has 0 aromatic carbocycles. The summed E-state index contributed by atoms with van der Waals surface area (Å²) in [6.45, 7) is 3.43. The lowest BCUT2D eigenvalue weighted by Gasteiger charge is -2.12. The van der Waals surface area contributed by atoms with Gasteiger partial charge in [0, 0.05) is 30.9 Å². The van der Waals surface area contributed by atoms with Crippen LogP contribution < -0.4 is 5.32 Å². The number of nitrogens with one attached hydrogen (secondary N) is 1. The summed E-state index contributed by atoms with van der Waals surface area (Å²) in [5.41, 5.74) is 1.43. The number of nitrogens with zero attached hydrogens (tertiary/aromatic N) is 2. The van der Waals surface area contributed by atoms with Gasteiger partial charge in [-0.25, -0.2) is 4.98 Å². The molecule has 2 rings (SSSR count). The molecule has 0 spiro atoms. The van der Waals surface area contributed by atoms with E-state index in [0.717, 1.165) is 19.6 Å². The number of hydrogen-bond donors (Lipinski definition) is 1. The van der Waals surface area contributed by atoms with Crippen LogP contribution >= 0.6 is 11.8 Å². The van der Waals surface area contributed by atoms with Crippen LogP contribution in [0.4, 0.5) is 0 Å². The zero-order valence-corrected chi connectivity index (χ0v) is 12.2. The van der Waals surface area contributed by atoms with Crippen LogP contribution in [0.15, 0.2) is 12.5 Å². The Balaban J connectivity index is 1.70. The molecule has 18 heavy (non-hydrogen) atoms. The summed E-state index contributed by atoms with van der Waals surface area (Å²) in [6, 6.07) is 0. The number of aryl methyl sites for hydroxylation is 1. The molecular formula is C14H25N3S. The summed E-state index contributed by atoms with van der Waals surface area (Å²) in [7, 11) is 0. The van der Waals surface area contributed by atoms with Crippen molar-refractivity contribution in [1.82, 2.24) is 14.9 Å². The maximum Gasteiger partial charge on any atom is 0.0948 e. The van der Waals surface area contributed by atoms with Crippen molar-refractivity contribution in [2.24, 2.45) is 0 Å². The van der Waals surface area contributed by atoms with Crippen molar-refractivity contribution in [2.75, 3.05) is 25.1 Å². The molecular weight excluding hydrogens is 242 g/mol. The van der Waals surface area contributed by atoms with Gasteiger partial charge in [-0.3, -0.25) is 0 Å². The third-order valence-corrected chi connectivity index (χ3v) is 4.42. The van der Waals surface area contributed by atoms with Gasteiger partial charge < -0.3 is 9.88 Å². The van der Waals surface area contributed by atoms with E-state index in [9.17, 15) is 0 Å². The molecule has 1 aromatic rings. The molecule has 1 saturated heterocycles. The Kier molecular flexibility index (Phi) is 6.08. The van der Waals surface area contributed by atoms with Gasteiger partial charge >= 0.3 is 0 Å². The van der Waals surface area contributed by atoms with E-state index in [1.54, 1.807) is 0 Å². The molecule has 0 bridgehead atoms. The number of thioether (sulfide) groups is 1. The second-order valence-electron chi connectivity index (χ2n) is 5.11. The van der Waals surface area contributed by atoms with Gasteiger partial charge in [0.2, 0.25) is 0 Å². The van der Waals surface area contributed by atoms with Crippen molar-refractivity contribution < 1.29 is 0 Å². The van der Waals surface area contributed by atoms with Crippen molar-refractivity contribution in [3.05, 3.63) is 18.2 Å². The second kappa shape index (κ2) is 7.85. The summed E-state index contributed by atoms with van der Waals surface area (Å²) < 4.78 is 2.37. The quantitative estimate of drug-likeness (QED) is 0.735. The number of rotatable bonds is 8. The Hall–Kier alpha value is -0.480. The van der Waals surface area contributed by atoms with Gasteiger partial charge in [-0.1, -0.05) is 12.8 Å². The number of aromatic nitrogens is 2. The fourth-order valence-electron chi connectivity index (χ4n) is 2.65. The smallest absolute Gasteiger partial charge is 0.0948 e. The lowest BCUT2D eigenvalue weighted by Crippen LogP contribution is -2.11. The van der Waals surface area contributed by atoms with Crippen molar-refractivity contribution >= 4 is 11.8 Å². The normalized spacial score (nSPS) is 19.5. The molecule has 1 aliphatic rings. The molecule has 3 nitrogen and oxygen atoms in total. The maximum absolute atomic E-state index is 4.33.